The molecule has 6 heteroatoms. The Labute approximate surface area is 160 Å². The normalized spacial score (nSPS) is 21.1. The number of β-amino-alcohol motifs (C(OH)–C–C–N with tert-alkyl or cyclic N) is 1. The lowest BCUT2D eigenvalue weighted by Gasteiger charge is -2.30. The smallest absolute Gasteiger partial charge is 0.0898 e. The van der Waals surface area contributed by atoms with Crippen molar-refractivity contribution in [3.63, 3.8) is 0 Å². The SMILES string of the molecule is I.OCC1(NCC(O)COC2CCOCC2)Cc2ccccc2C1. The van der Waals surface area contributed by atoms with Gasteiger partial charge in [-0.15, -0.1) is 24.0 Å². The molecule has 1 aromatic rings. The summed E-state index contributed by atoms with van der Waals surface area (Å²) in [4.78, 5) is 0. The van der Waals surface area contributed by atoms with Gasteiger partial charge in [0.2, 0.25) is 0 Å². The molecule has 136 valence electrons. The van der Waals surface area contributed by atoms with Crippen LogP contribution in [0, 0.1) is 0 Å². The Bertz CT molecular complexity index is 483. The van der Waals surface area contributed by atoms with E-state index in [0.29, 0.717) is 13.2 Å². The van der Waals surface area contributed by atoms with Crippen LogP contribution in [-0.4, -0.2) is 60.9 Å². The van der Waals surface area contributed by atoms with Crippen LogP contribution in [-0.2, 0) is 22.3 Å². The highest BCUT2D eigenvalue weighted by Crippen LogP contribution is 2.29. The van der Waals surface area contributed by atoms with E-state index in [1.807, 2.05) is 12.1 Å². The molecule has 24 heavy (non-hydrogen) atoms. The Morgan fingerprint density at radius 1 is 1.21 bits per heavy atom. The van der Waals surface area contributed by atoms with Crippen molar-refractivity contribution in [2.24, 2.45) is 0 Å². The van der Waals surface area contributed by atoms with Crippen molar-refractivity contribution in [2.75, 3.05) is 33.0 Å². The quantitative estimate of drug-likeness (QED) is 0.548. The summed E-state index contributed by atoms with van der Waals surface area (Å²) in [5.41, 5.74) is 2.20. The van der Waals surface area contributed by atoms with Crippen molar-refractivity contribution in [2.45, 2.75) is 43.4 Å². The summed E-state index contributed by atoms with van der Waals surface area (Å²) in [6.45, 7) is 2.30. The Balaban J connectivity index is 0.00000208. The maximum Gasteiger partial charge on any atom is 0.0898 e. The van der Waals surface area contributed by atoms with E-state index in [0.717, 1.165) is 38.9 Å². The van der Waals surface area contributed by atoms with Crippen molar-refractivity contribution in [1.82, 2.24) is 5.32 Å². The highest BCUT2D eigenvalue weighted by Gasteiger charge is 2.36. The Hall–Kier alpha value is -0.250. The van der Waals surface area contributed by atoms with Crippen LogP contribution in [0.3, 0.4) is 0 Å². The molecule has 0 bridgehead atoms. The minimum absolute atomic E-state index is 0. The van der Waals surface area contributed by atoms with E-state index >= 15 is 0 Å². The van der Waals surface area contributed by atoms with Gasteiger partial charge in [-0.1, -0.05) is 24.3 Å². The number of nitrogens with one attached hydrogen (secondary N) is 1. The monoisotopic (exact) mass is 449 g/mol. The molecule has 1 saturated heterocycles. The minimum atomic E-state index is -0.565. The maximum atomic E-state index is 10.2. The Morgan fingerprint density at radius 3 is 2.42 bits per heavy atom. The van der Waals surface area contributed by atoms with Crippen molar-refractivity contribution in [3.8, 4) is 0 Å². The van der Waals surface area contributed by atoms with Gasteiger partial charge in [0, 0.05) is 25.3 Å². The molecule has 1 heterocycles. The molecule has 1 aliphatic heterocycles. The number of halogens is 1. The fourth-order valence-corrected chi connectivity index (χ4v) is 3.47. The van der Waals surface area contributed by atoms with Gasteiger partial charge in [0.25, 0.3) is 0 Å². The van der Waals surface area contributed by atoms with Crippen LogP contribution in [0.4, 0.5) is 0 Å². The van der Waals surface area contributed by atoms with E-state index in [1.165, 1.54) is 11.1 Å². The van der Waals surface area contributed by atoms with Crippen LogP contribution >= 0.6 is 24.0 Å². The molecular formula is C18H28INO4. The van der Waals surface area contributed by atoms with Gasteiger partial charge in [0.05, 0.1) is 25.4 Å². The first-order valence-electron chi connectivity index (χ1n) is 8.51. The fraction of sp³-hybridized carbons (Fsp3) is 0.667. The van der Waals surface area contributed by atoms with E-state index in [1.54, 1.807) is 0 Å². The second-order valence-corrected chi connectivity index (χ2v) is 6.74. The van der Waals surface area contributed by atoms with Gasteiger partial charge in [-0.05, 0) is 36.8 Å². The van der Waals surface area contributed by atoms with E-state index in [9.17, 15) is 10.2 Å². The summed E-state index contributed by atoms with van der Waals surface area (Å²) >= 11 is 0. The number of fused-ring (bicyclic) bond motifs is 1. The first kappa shape index (κ1) is 20.1. The zero-order valence-electron chi connectivity index (χ0n) is 13.9. The number of aliphatic hydroxyl groups excluding tert-OH is 2. The van der Waals surface area contributed by atoms with E-state index in [4.69, 9.17) is 9.47 Å². The molecule has 0 spiro atoms. The number of ether oxygens (including phenoxy) is 2. The number of benzene rings is 1. The summed E-state index contributed by atoms with van der Waals surface area (Å²) in [6.07, 6.45) is 3.03. The molecule has 2 aliphatic rings. The molecule has 5 nitrogen and oxygen atoms in total. The minimum Gasteiger partial charge on any atom is -0.394 e. The molecule has 1 fully saturated rings. The van der Waals surface area contributed by atoms with Crippen molar-refractivity contribution < 1.29 is 19.7 Å². The average Bonchev–Trinajstić information content (AvgIpc) is 2.98. The fourth-order valence-electron chi connectivity index (χ4n) is 3.47. The molecule has 1 atom stereocenters. The van der Waals surface area contributed by atoms with E-state index in [2.05, 4.69) is 17.4 Å². The summed E-state index contributed by atoms with van der Waals surface area (Å²) in [5.74, 6) is 0. The summed E-state index contributed by atoms with van der Waals surface area (Å²) in [7, 11) is 0. The standard InChI is InChI=1S/C18H27NO4.HI/c20-13-18(9-14-3-1-2-4-15(14)10-18)19-11-16(21)12-23-17-5-7-22-8-6-17;/h1-4,16-17,19-21H,5-13H2;1H. The highest BCUT2D eigenvalue weighted by molar-refractivity contribution is 14.0. The highest BCUT2D eigenvalue weighted by atomic mass is 127. The summed E-state index contributed by atoms with van der Waals surface area (Å²) in [5, 5.41) is 23.4. The number of aliphatic hydroxyl groups is 2. The Kier molecular flexibility index (Phi) is 7.90. The lowest BCUT2D eigenvalue weighted by atomic mass is 9.96. The lowest BCUT2D eigenvalue weighted by molar-refractivity contribution is -0.0599. The predicted octanol–water partition coefficient (Wildman–Crippen LogP) is 1.28. The van der Waals surface area contributed by atoms with E-state index in [-0.39, 0.29) is 42.2 Å². The average molecular weight is 449 g/mol. The second-order valence-electron chi connectivity index (χ2n) is 6.74. The third-order valence-corrected chi connectivity index (χ3v) is 4.88. The number of hydrogen-bond acceptors (Lipinski definition) is 5. The van der Waals surface area contributed by atoms with Gasteiger partial charge in [-0.3, -0.25) is 0 Å². The molecule has 0 saturated carbocycles. The topological polar surface area (TPSA) is 71.0 Å². The molecule has 1 unspecified atom stereocenters. The number of rotatable bonds is 7. The molecule has 1 aromatic carbocycles. The predicted molar refractivity (Wildman–Crippen MR) is 103 cm³/mol. The molecule has 3 N–H and O–H groups in total. The summed E-state index contributed by atoms with van der Waals surface area (Å²) < 4.78 is 11.1. The first-order chi connectivity index (χ1) is 11.2. The summed E-state index contributed by atoms with van der Waals surface area (Å²) in [6, 6.07) is 8.28. The number of hydrogen-bond donors (Lipinski definition) is 3. The van der Waals surface area contributed by atoms with Gasteiger partial charge in [-0.25, -0.2) is 0 Å². The van der Waals surface area contributed by atoms with Crippen LogP contribution in [0.25, 0.3) is 0 Å². The first-order valence-corrected chi connectivity index (χ1v) is 8.51. The van der Waals surface area contributed by atoms with Gasteiger partial charge < -0.3 is 25.0 Å². The zero-order chi connectivity index (χ0) is 16.1. The molecule has 0 aromatic heterocycles. The molecule has 3 rings (SSSR count). The zero-order valence-corrected chi connectivity index (χ0v) is 16.3. The molecule has 1 aliphatic carbocycles. The van der Waals surface area contributed by atoms with Crippen LogP contribution in [0.1, 0.15) is 24.0 Å². The van der Waals surface area contributed by atoms with Gasteiger partial charge in [-0.2, -0.15) is 0 Å². The van der Waals surface area contributed by atoms with Gasteiger partial charge in [0.1, 0.15) is 0 Å². The van der Waals surface area contributed by atoms with Crippen LogP contribution in [0.2, 0.25) is 0 Å². The third-order valence-electron chi connectivity index (χ3n) is 4.88. The van der Waals surface area contributed by atoms with E-state index < -0.39 is 6.10 Å². The third kappa shape index (κ3) is 5.12. The van der Waals surface area contributed by atoms with Crippen molar-refractivity contribution in [1.29, 1.82) is 0 Å². The maximum absolute atomic E-state index is 10.2. The van der Waals surface area contributed by atoms with Crippen LogP contribution in [0.5, 0.6) is 0 Å². The molecule has 0 amide bonds. The largest absolute Gasteiger partial charge is 0.394 e. The van der Waals surface area contributed by atoms with Crippen molar-refractivity contribution in [3.05, 3.63) is 35.4 Å². The Morgan fingerprint density at radius 2 is 1.83 bits per heavy atom. The second kappa shape index (κ2) is 9.45. The van der Waals surface area contributed by atoms with Crippen LogP contribution < -0.4 is 5.32 Å². The van der Waals surface area contributed by atoms with Crippen LogP contribution in [0.15, 0.2) is 24.3 Å². The van der Waals surface area contributed by atoms with Gasteiger partial charge in [0.15, 0.2) is 0 Å². The molecule has 0 radical (unpaired) electrons. The molecular weight excluding hydrogens is 421 g/mol. The van der Waals surface area contributed by atoms with Crippen molar-refractivity contribution >= 4 is 24.0 Å². The lowest BCUT2D eigenvalue weighted by Crippen LogP contribution is -2.52. The van der Waals surface area contributed by atoms with Gasteiger partial charge >= 0.3 is 0 Å².